The van der Waals surface area contributed by atoms with Crippen molar-refractivity contribution in [2.45, 2.75) is 23.6 Å². The molecule has 0 fully saturated rings. The van der Waals surface area contributed by atoms with Crippen LogP contribution in [0.15, 0.2) is 20.9 Å². The summed E-state index contributed by atoms with van der Waals surface area (Å²) in [5.41, 5.74) is 0. The predicted octanol–water partition coefficient (Wildman–Crippen LogP) is 2.60. The first kappa shape index (κ1) is 14.4. The summed E-state index contributed by atoms with van der Waals surface area (Å²) in [5, 5.41) is 12.4. The molecule has 0 aliphatic rings. The fourth-order valence-electron chi connectivity index (χ4n) is 1.42. The van der Waals surface area contributed by atoms with E-state index in [9.17, 15) is 0 Å². The van der Waals surface area contributed by atoms with Gasteiger partial charge in [0.25, 0.3) is 0 Å². The summed E-state index contributed by atoms with van der Waals surface area (Å²) in [4.78, 5) is 1.96. The van der Waals surface area contributed by atoms with Crippen LogP contribution in [-0.4, -0.2) is 30.8 Å². The minimum atomic E-state index is 0.782. The molecule has 0 radical (unpaired) electrons. The summed E-state index contributed by atoms with van der Waals surface area (Å²) >= 11 is 3.25. The standard InChI is InChI=1S/C12H18N4OS2/c1-4-13-7-9-5-6-10(17-9)8-18-12-15-14-11(19-12)16(2)3/h5-6,13H,4,7-8H2,1-3H3. The van der Waals surface area contributed by atoms with Crippen LogP contribution >= 0.6 is 23.1 Å². The molecule has 7 heteroatoms. The van der Waals surface area contributed by atoms with Crippen molar-refractivity contribution in [2.75, 3.05) is 25.5 Å². The Balaban J connectivity index is 1.85. The highest BCUT2D eigenvalue weighted by atomic mass is 32.2. The molecule has 0 amide bonds. The number of hydrogen-bond donors (Lipinski definition) is 1. The lowest BCUT2D eigenvalue weighted by atomic mass is 10.4. The lowest BCUT2D eigenvalue weighted by Crippen LogP contribution is -2.10. The van der Waals surface area contributed by atoms with Crippen LogP contribution in [0.5, 0.6) is 0 Å². The molecule has 2 aromatic rings. The Bertz CT molecular complexity index is 509. The monoisotopic (exact) mass is 298 g/mol. The average Bonchev–Trinajstić information content (AvgIpc) is 3.03. The van der Waals surface area contributed by atoms with Crippen molar-refractivity contribution in [3.8, 4) is 0 Å². The Kier molecular flexibility index (Phi) is 5.24. The predicted molar refractivity (Wildman–Crippen MR) is 79.9 cm³/mol. The van der Waals surface area contributed by atoms with Crippen molar-refractivity contribution in [2.24, 2.45) is 0 Å². The third kappa shape index (κ3) is 4.22. The van der Waals surface area contributed by atoms with Crippen LogP contribution in [0.25, 0.3) is 0 Å². The molecule has 0 spiro atoms. The van der Waals surface area contributed by atoms with Gasteiger partial charge in [0.05, 0.1) is 12.3 Å². The second kappa shape index (κ2) is 6.93. The second-order valence-corrected chi connectivity index (χ2v) is 6.36. The van der Waals surface area contributed by atoms with E-state index in [1.54, 1.807) is 23.1 Å². The van der Waals surface area contributed by atoms with E-state index in [-0.39, 0.29) is 0 Å². The van der Waals surface area contributed by atoms with Crippen molar-refractivity contribution in [3.63, 3.8) is 0 Å². The normalized spacial score (nSPS) is 10.9. The summed E-state index contributed by atoms with van der Waals surface area (Å²) in [6, 6.07) is 4.04. The summed E-state index contributed by atoms with van der Waals surface area (Å²) in [6.45, 7) is 3.81. The topological polar surface area (TPSA) is 54.2 Å². The van der Waals surface area contributed by atoms with Gasteiger partial charge in [-0.3, -0.25) is 0 Å². The van der Waals surface area contributed by atoms with Gasteiger partial charge in [-0.05, 0) is 18.7 Å². The smallest absolute Gasteiger partial charge is 0.208 e. The Hall–Kier alpha value is -1.05. The van der Waals surface area contributed by atoms with Crippen LogP contribution in [0.4, 0.5) is 5.13 Å². The number of nitrogens with one attached hydrogen (secondary N) is 1. The molecule has 0 unspecified atom stereocenters. The number of furan rings is 1. The van der Waals surface area contributed by atoms with Crippen LogP contribution in [-0.2, 0) is 12.3 Å². The molecular weight excluding hydrogens is 280 g/mol. The van der Waals surface area contributed by atoms with Crippen LogP contribution in [0, 0.1) is 0 Å². The Morgan fingerprint density at radius 3 is 2.79 bits per heavy atom. The van der Waals surface area contributed by atoms with Crippen molar-refractivity contribution < 1.29 is 4.42 Å². The largest absolute Gasteiger partial charge is 0.464 e. The maximum atomic E-state index is 5.72. The molecule has 0 aliphatic carbocycles. The van der Waals surface area contributed by atoms with Gasteiger partial charge in [-0.15, -0.1) is 10.2 Å². The molecule has 2 aromatic heterocycles. The fraction of sp³-hybridized carbons (Fsp3) is 0.500. The van der Waals surface area contributed by atoms with Crippen LogP contribution in [0.2, 0.25) is 0 Å². The molecule has 19 heavy (non-hydrogen) atoms. The van der Waals surface area contributed by atoms with Gasteiger partial charge in [-0.25, -0.2) is 0 Å². The zero-order chi connectivity index (χ0) is 13.7. The molecule has 0 saturated carbocycles. The first-order valence-corrected chi connectivity index (χ1v) is 7.91. The average molecular weight is 298 g/mol. The number of hydrogen-bond acceptors (Lipinski definition) is 7. The SMILES string of the molecule is CCNCc1ccc(CSc2nnc(N(C)C)s2)o1. The molecule has 1 N–H and O–H groups in total. The lowest BCUT2D eigenvalue weighted by Gasteiger charge is -2.03. The Labute approximate surface area is 121 Å². The van der Waals surface area contributed by atoms with E-state index < -0.39 is 0 Å². The summed E-state index contributed by atoms with van der Waals surface area (Å²) in [6.07, 6.45) is 0. The Morgan fingerprint density at radius 2 is 2.11 bits per heavy atom. The maximum Gasteiger partial charge on any atom is 0.208 e. The van der Waals surface area contributed by atoms with E-state index in [4.69, 9.17) is 4.42 Å². The molecule has 0 saturated heterocycles. The highest BCUT2D eigenvalue weighted by Gasteiger charge is 2.08. The van der Waals surface area contributed by atoms with Crippen LogP contribution in [0.1, 0.15) is 18.4 Å². The molecular formula is C12H18N4OS2. The highest BCUT2D eigenvalue weighted by Crippen LogP contribution is 2.29. The minimum Gasteiger partial charge on any atom is -0.464 e. The van der Waals surface area contributed by atoms with Crippen molar-refractivity contribution in [1.29, 1.82) is 0 Å². The van der Waals surface area contributed by atoms with E-state index in [1.807, 2.05) is 31.1 Å². The van der Waals surface area contributed by atoms with Crippen LogP contribution in [0.3, 0.4) is 0 Å². The molecule has 0 aliphatic heterocycles. The number of rotatable bonds is 7. The third-order valence-corrected chi connectivity index (χ3v) is 4.63. The van der Waals surface area contributed by atoms with Gasteiger partial charge in [0, 0.05) is 14.1 Å². The van der Waals surface area contributed by atoms with Gasteiger partial charge in [0.1, 0.15) is 11.5 Å². The molecule has 2 heterocycles. The van der Waals surface area contributed by atoms with Gasteiger partial charge >= 0.3 is 0 Å². The molecule has 0 aromatic carbocycles. The zero-order valence-corrected chi connectivity index (χ0v) is 13.0. The number of thioether (sulfide) groups is 1. The number of nitrogens with zero attached hydrogens (tertiary/aromatic N) is 3. The maximum absolute atomic E-state index is 5.72. The van der Waals surface area contributed by atoms with Gasteiger partial charge < -0.3 is 14.6 Å². The summed E-state index contributed by atoms with van der Waals surface area (Å²) < 4.78 is 6.69. The van der Waals surface area contributed by atoms with Gasteiger partial charge in [0.15, 0.2) is 4.34 Å². The number of aromatic nitrogens is 2. The molecule has 5 nitrogen and oxygen atoms in total. The number of anilines is 1. The van der Waals surface area contributed by atoms with Gasteiger partial charge in [-0.1, -0.05) is 30.0 Å². The van der Waals surface area contributed by atoms with E-state index in [1.165, 1.54) is 0 Å². The first-order valence-electron chi connectivity index (χ1n) is 6.11. The zero-order valence-electron chi connectivity index (χ0n) is 11.3. The first-order chi connectivity index (χ1) is 9.19. The second-order valence-electron chi connectivity index (χ2n) is 4.18. The quantitative estimate of drug-likeness (QED) is 0.793. The van der Waals surface area contributed by atoms with Gasteiger partial charge in [0.2, 0.25) is 5.13 Å². The highest BCUT2D eigenvalue weighted by molar-refractivity contribution is 8.00. The Morgan fingerprint density at radius 1 is 1.32 bits per heavy atom. The molecule has 0 atom stereocenters. The summed E-state index contributed by atoms with van der Waals surface area (Å²) in [7, 11) is 3.93. The van der Waals surface area contributed by atoms with E-state index >= 15 is 0 Å². The fourth-order valence-corrected chi connectivity index (χ4v) is 3.08. The summed E-state index contributed by atoms with van der Waals surface area (Å²) in [5.74, 6) is 2.73. The molecule has 104 valence electrons. The molecule has 2 rings (SSSR count). The van der Waals surface area contributed by atoms with Crippen molar-refractivity contribution in [1.82, 2.24) is 15.5 Å². The molecule has 0 bridgehead atoms. The van der Waals surface area contributed by atoms with E-state index in [0.29, 0.717) is 0 Å². The van der Waals surface area contributed by atoms with Crippen molar-refractivity contribution in [3.05, 3.63) is 23.7 Å². The van der Waals surface area contributed by atoms with Crippen LogP contribution < -0.4 is 10.2 Å². The third-order valence-electron chi connectivity index (χ3n) is 2.38. The van der Waals surface area contributed by atoms with E-state index in [0.717, 1.165) is 39.8 Å². The lowest BCUT2D eigenvalue weighted by molar-refractivity contribution is 0.463. The van der Waals surface area contributed by atoms with Gasteiger partial charge in [-0.2, -0.15) is 0 Å². The minimum absolute atomic E-state index is 0.782. The van der Waals surface area contributed by atoms with E-state index in [2.05, 4.69) is 22.4 Å². The van der Waals surface area contributed by atoms with Crippen molar-refractivity contribution >= 4 is 28.2 Å².